The zero-order valence-corrected chi connectivity index (χ0v) is 16.3. The third-order valence-corrected chi connectivity index (χ3v) is 6.65. The van der Waals surface area contributed by atoms with Crippen LogP contribution >= 0.6 is 0 Å². The first-order valence-electron chi connectivity index (χ1n) is 9.19. The van der Waals surface area contributed by atoms with Gasteiger partial charge in [0, 0.05) is 25.3 Å². The molecule has 0 aromatic heterocycles. The minimum Gasteiger partial charge on any atom is -0.406 e. The van der Waals surface area contributed by atoms with Gasteiger partial charge in [0.25, 0.3) is 16.1 Å². The molecule has 0 aliphatic carbocycles. The Morgan fingerprint density at radius 2 is 1.72 bits per heavy atom. The van der Waals surface area contributed by atoms with Crippen LogP contribution in [0.25, 0.3) is 0 Å². The molecule has 2 aliphatic heterocycles. The summed E-state index contributed by atoms with van der Waals surface area (Å²) in [5.74, 6) is -0.990. The van der Waals surface area contributed by atoms with Crippen LogP contribution in [-0.4, -0.2) is 68.2 Å². The van der Waals surface area contributed by atoms with Crippen molar-refractivity contribution in [1.29, 1.82) is 0 Å². The number of nitrogens with zero attached hydrogens (tertiary/aromatic N) is 2. The van der Waals surface area contributed by atoms with Gasteiger partial charge in [0.15, 0.2) is 0 Å². The summed E-state index contributed by atoms with van der Waals surface area (Å²) in [7, 11) is -3.66. The second kappa shape index (κ2) is 8.86. The van der Waals surface area contributed by atoms with Gasteiger partial charge in [0.05, 0.1) is 13.2 Å². The van der Waals surface area contributed by atoms with Gasteiger partial charge in [-0.2, -0.15) is 17.0 Å². The number of morpholine rings is 1. The summed E-state index contributed by atoms with van der Waals surface area (Å²) in [6.45, 7) is 1.03. The SMILES string of the molecule is O=C(Nc1ccc(OC(F)(F)F)cc1)C1CN(S(=O)(=O)N2CCCCC2)CCO1. The number of alkyl halides is 3. The van der Waals surface area contributed by atoms with E-state index in [9.17, 15) is 26.4 Å². The Kier molecular flexibility index (Phi) is 6.66. The fraction of sp³-hybridized carbons (Fsp3) is 0.588. The van der Waals surface area contributed by atoms with E-state index in [2.05, 4.69) is 10.1 Å². The van der Waals surface area contributed by atoms with Crippen LogP contribution in [0.5, 0.6) is 5.75 Å². The second-order valence-electron chi connectivity index (χ2n) is 6.75. The predicted octanol–water partition coefficient (Wildman–Crippen LogP) is 1.96. The van der Waals surface area contributed by atoms with Crippen LogP contribution in [-0.2, 0) is 19.7 Å². The summed E-state index contributed by atoms with van der Waals surface area (Å²) in [6, 6.07) is 4.64. The highest BCUT2D eigenvalue weighted by Crippen LogP contribution is 2.24. The number of ether oxygens (including phenoxy) is 2. The minimum atomic E-state index is -4.80. The summed E-state index contributed by atoms with van der Waals surface area (Å²) in [5, 5.41) is 2.52. The van der Waals surface area contributed by atoms with Gasteiger partial charge in [-0.3, -0.25) is 4.79 Å². The lowest BCUT2D eigenvalue weighted by Crippen LogP contribution is -2.54. The standard InChI is InChI=1S/C17H22F3N3O5S/c18-17(19,20)28-14-6-4-13(5-7-14)21-16(24)15-12-23(10-11-27-15)29(25,26)22-8-2-1-3-9-22/h4-7,15H,1-3,8-12H2,(H,21,24). The maximum Gasteiger partial charge on any atom is 0.573 e. The summed E-state index contributed by atoms with van der Waals surface area (Å²) in [4.78, 5) is 12.4. The van der Waals surface area contributed by atoms with Gasteiger partial charge in [-0.05, 0) is 37.1 Å². The molecular formula is C17H22F3N3O5S. The lowest BCUT2D eigenvalue weighted by molar-refractivity contribution is -0.274. The highest BCUT2D eigenvalue weighted by atomic mass is 32.2. The maximum absolute atomic E-state index is 12.8. The third-order valence-electron chi connectivity index (χ3n) is 4.64. The van der Waals surface area contributed by atoms with E-state index in [1.165, 1.54) is 20.7 Å². The molecule has 2 heterocycles. The van der Waals surface area contributed by atoms with Crippen molar-refractivity contribution in [2.45, 2.75) is 31.7 Å². The van der Waals surface area contributed by atoms with E-state index < -0.39 is 34.3 Å². The summed E-state index contributed by atoms with van der Waals surface area (Å²) in [5.41, 5.74) is 0.240. The first-order chi connectivity index (χ1) is 13.6. The zero-order chi connectivity index (χ0) is 21.1. The maximum atomic E-state index is 12.8. The van der Waals surface area contributed by atoms with Crippen molar-refractivity contribution >= 4 is 21.8 Å². The molecule has 1 N–H and O–H groups in total. The molecule has 2 fully saturated rings. The van der Waals surface area contributed by atoms with Crippen molar-refractivity contribution in [2.75, 3.05) is 38.1 Å². The smallest absolute Gasteiger partial charge is 0.406 e. The molecule has 8 nitrogen and oxygen atoms in total. The van der Waals surface area contributed by atoms with E-state index in [-0.39, 0.29) is 25.4 Å². The number of carbonyl (C=O) groups excluding carboxylic acids is 1. The molecule has 1 aromatic carbocycles. The molecule has 12 heteroatoms. The molecule has 2 aliphatic rings. The van der Waals surface area contributed by atoms with E-state index in [4.69, 9.17) is 4.74 Å². The molecule has 0 saturated carbocycles. The highest BCUT2D eigenvalue weighted by Gasteiger charge is 2.37. The molecule has 162 valence electrons. The Morgan fingerprint density at radius 1 is 1.07 bits per heavy atom. The monoisotopic (exact) mass is 437 g/mol. The van der Waals surface area contributed by atoms with Crippen LogP contribution in [0, 0.1) is 0 Å². The van der Waals surface area contributed by atoms with Gasteiger partial charge < -0.3 is 14.8 Å². The molecule has 29 heavy (non-hydrogen) atoms. The number of hydrogen-bond acceptors (Lipinski definition) is 5. The Morgan fingerprint density at radius 3 is 2.34 bits per heavy atom. The average Bonchev–Trinajstić information content (AvgIpc) is 2.69. The lowest BCUT2D eigenvalue weighted by atomic mass is 10.2. The van der Waals surface area contributed by atoms with Crippen molar-refractivity contribution in [1.82, 2.24) is 8.61 Å². The Balaban J connectivity index is 1.59. The number of anilines is 1. The number of rotatable bonds is 5. The number of hydrogen-bond donors (Lipinski definition) is 1. The number of nitrogens with one attached hydrogen (secondary N) is 1. The molecule has 1 aromatic rings. The molecule has 3 rings (SSSR count). The van der Waals surface area contributed by atoms with E-state index in [0.717, 1.165) is 31.4 Å². The van der Waals surface area contributed by atoms with Crippen LogP contribution in [0.4, 0.5) is 18.9 Å². The molecular weight excluding hydrogens is 415 g/mol. The molecule has 0 spiro atoms. The number of halogens is 3. The molecule has 1 unspecified atom stereocenters. The van der Waals surface area contributed by atoms with E-state index in [1.54, 1.807) is 0 Å². The number of amides is 1. The van der Waals surface area contributed by atoms with Crippen molar-refractivity contribution in [3.63, 3.8) is 0 Å². The van der Waals surface area contributed by atoms with Crippen LogP contribution in [0.2, 0.25) is 0 Å². The molecule has 0 bridgehead atoms. The number of carbonyl (C=O) groups is 1. The Hall–Kier alpha value is -1.89. The molecule has 2 saturated heterocycles. The van der Waals surface area contributed by atoms with Crippen LogP contribution in [0.15, 0.2) is 24.3 Å². The fourth-order valence-corrected chi connectivity index (χ4v) is 4.89. The van der Waals surface area contributed by atoms with Crippen LogP contribution in [0.3, 0.4) is 0 Å². The minimum absolute atomic E-state index is 0.0729. The average molecular weight is 437 g/mol. The van der Waals surface area contributed by atoms with Gasteiger partial charge in [-0.25, -0.2) is 0 Å². The first-order valence-corrected chi connectivity index (χ1v) is 10.6. The Labute approximate surface area is 166 Å². The van der Waals surface area contributed by atoms with Gasteiger partial charge in [0.1, 0.15) is 11.9 Å². The van der Waals surface area contributed by atoms with Crippen molar-refractivity contribution in [3.8, 4) is 5.75 Å². The summed E-state index contributed by atoms with van der Waals surface area (Å²) in [6.07, 6.45) is -3.21. The largest absolute Gasteiger partial charge is 0.573 e. The van der Waals surface area contributed by atoms with E-state index in [1.807, 2.05) is 0 Å². The van der Waals surface area contributed by atoms with Gasteiger partial charge in [0.2, 0.25) is 0 Å². The zero-order valence-electron chi connectivity index (χ0n) is 15.5. The highest BCUT2D eigenvalue weighted by molar-refractivity contribution is 7.86. The van der Waals surface area contributed by atoms with Crippen molar-refractivity contribution in [2.24, 2.45) is 0 Å². The van der Waals surface area contributed by atoms with Crippen molar-refractivity contribution in [3.05, 3.63) is 24.3 Å². The van der Waals surface area contributed by atoms with E-state index >= 15 is 0 Å². The van der Waals surface area contributed by atoms with Gasteiger partial charge in [-0.15, -0.1) is 13.2 Å². The molecule has 1 atom stereocenters. The molecule has 1 amide bonds. The van der Waals surface area contributed by atoms with E-state index in [0.29, 0.717) is 13.1 Å². The lowest BCUT2D eigenvalue weighted by Gasteiger charge is -2.36. The fourth-order valence-electron chi connectivity index (χ4n) is 3.22. The quantitative estimate of drug-likeness (QED) is 0.761. The topological polar surface area (TPSA) is 88.2 Å². The first kappa shape index (κ1) is 21.8. The third kappa shape index (κ3) is 5.81. The normalized spacial score (nSPS) is 22.2. The van der Waals surface area contributed by atoms with Crippen molar-refractivity contribution < 1.29 is 35.9 Å². The van der Waals surface area contributed by atoms with Gasteiger partial charge in [-0.1, -0.05) is 6.42 Å². The van der Waals surface area contributed by atoms with Gasteiger partial charge >= 0.3 is 6.36 Å². The summed E-state index contributed by atoms with van der Waals surface area (Å²) < 4.78 is 74.0. The van der Waals surface area contributed by atoms with Crippen LogP contribution < -0.4 is 10.1 Å². The predicted molar refractivity (Wildman–Crippen MR) is 97.4 cm³/mol. The number of piperidine rings is 1. The Bertz CT molecular complexity index is 811. The second-order valence-corrected chi connectivity index (χ2v) is 8.67. The summed E-state index contributed by atoms with van der Waals surface area (Å²) >= 11 is 0. The van der Waals surface area contributed by atoms with Crippen LogP contribution in [0.1, 0.15) is 19.3 Å². The number of benzene rings is 1. The molecule has 0 radical (unpaired) electrons.